The second-order valence-electron chi connectivity index (χ2n) is 2.64. The van der Waals surface area contributed by atoms with E-state index >= 15 is 0 Å². The lowest BCUT2D eigenvalue weighted by atomic mass is 10.3. The summed E-state index contributed by atoms with van der Waals surface area (Å²) in [5.41, 5.74) is 0. The van der Waals surface area contributed by atoms with Gasteiger partial charge in [-0.25, -0.2) is 9.59 Å². The number of rotatable bonds is 7. The molecular weight excluding hydrogens is 216 g/mol. The minimum atomic E-state index is -1.12. The Bertz CT molecular complexity index is 260. The van der Waals surface area contributed by atoms with E-state index in [-0.39, 0.29) is 0 Å². The number of hydrogen-bond acceptors (Lipinski definition) is 4. The van der Waals surface area contributed by atoms with Crippen molar-refractivity contribution in [3.05, 3.63) is 24.8 Å². The van der Waals surface area contributed by atoms with Crippen LogP contribution in [0.5, 0.6) is 0 Å². The first-order valence-electron chi connectivity index (χ1n) is 4.33. The molecule has 1 N–H and O–H groups in total. The smallest absolute Gasteiger partial charge is 0.345 e. The van der Waals surface area contributed by atoms with E-state index in [9.17, 15) is 9.59 Å². The summed E-state index contributed by atoms with van der Waals surface area (Å²) in [5, 5.41) is 8.74. The Labute approximate surface area is 93.0 Å². The molecule has 15 heavy (non-hydrogen) atoms. The predicted octanol–water partition coefficient (Wildman–Crippen LogP) is 1.48. The normalized spacial score (nSPS) is 12.3. The van der Waals surface area contributed by atoms with Gasteiger partial charge in [0, 0.05) is 12.5 Å². The van der Waals surface area contributed by atoms with Crippen LogP contribution in [0.4, 0.5) is 0 Å². The molecule has 4 nitrogen and oxygen atoms in total. The molecule has 0 aromatic carbocycles. The van der Waals surface area contributed by atoms with Crippen molar-refractivity contribution in [2.45, 2.75) is 12.5 Å². The SMILES string of the molecule is C=C/C=C/C(=O)OC(CCSC)C(=O)O. The third-order valence-electron chi connectivity index (χ3n) is 1.49. The molecule has 1 atom stereocenters. The van der Waals surface area contributed by atoms with Gasteiger partial charge >= 0.3 is 11.9 Å². The van der Waals surface area contributed by atoms with Crippen LogP contribution in [0.25, 0.3) is 0 Å². The number of carboxylic acids is 1. The first kappa shape index (κ1) is 13.8. The highest BCUT2D eigenvalue weighted by Crippen LogP contribution is 2.05. The molecule has 0 bridgehead atoms. The minimum absolute atomic E-state index is 0.310. The van der Waals surface area contributed by atoms with Crippen molar-refractivity contribution in [1.29, 1.82) is 0 Å². The Balaban J connectivity index is 4.15. The number of esters is 1. The van der Waals surface area contributed by atoms with Crippen molar-refractivity contribution in [2.24, 2.45) is 0 Å². The van der Waals surface area contributed by atoms with Crippen LogP contribution in [-0.4, -0.2) is 35.2 Å². The molecule has 0 aliphatic rings. The van der Waals surface area contributed by atoms with Gasteiger partial charge in [0.25, 0.3) is 0 Å². The Kier molecular flexibility index (Phi) is 7.44. The molecule has 0 fully saturated rings. The Morgan fingerprint density at radius 2 is 2.27 bits per heavy atom. The first-order valence-corrected chi connectivity index (χ1v) is 5.72. The summed E-state index contributed by atoms with van der Waals surface area (Å²) in [5.74, 6) is -1.15. The molecule has 0 spiro atoms. The maximum absolute atomic E-state index is 11.1. The van der Waals surface area contributed by atoms with E-state index in [1.54, 1.807) is 0 Å². The average molecular weight is 230 g/mol. The van der Waals surface area contributed by atoms with Crippen LogP contribution in [0, 0.1) is 0 Å². The van der Waals surface area contributed by atoms with E-state index in [4.69, 9.17) is 9.84 Å². The summed E-state index contributed by atoms with van der Waals surface area (Å²) in [7, 11) is 0. The zero-order valence-corrected chi connectivity index (χ0v) is 9.33. The number of aliphatic carboxylic acids is 1. The van der Waals surface area contributed by atoms with Gasteiger partial charge in [-0.15, -0.1) is 0 Å². The topological polar surface area (TPSA) is 63.6 Å². The van der Waals surface area contributed by atoms with Crippen LogP contribution in [0.2, 0.25) is 0 Å². The lowest BCUT2D eigenvalue weighted by Gasteiger charge is -2.11. The van der Waals surface area contributed by atoms with Crippen LogP contribution in [0.15, 0.2) is 24.8 Å². The fourth-order valence-corrected chi connectivity index (χ4v) is 1.23. The van der Waals surface area contributed by atoms with Crippen molar-refractivity contribution < 1.29 is 19.4 Å². The molecule has 0 aliphatic heterocycles. The van der Waals surface area contributed by atoms with E-state index in [0.717, 1.165) is 6.08 Å². The number of allylic oxidation sites excluding steroid dienone is 2. The van der Waals surface area contributed by atoms with Crippen molar-refractivity contribution in [3.63, 3.8) is 0 Å². The summed E-state index contributed by atoms with van der Waals surface area (Å²) in [6.07, 6.45) is 5.05. The summed E-state index contributed by atoms with van der Waals surface area (Å²) < 4.78 is 4.73. The Morgan fingerprint density at radius 1 is 1.60 bits per heavy atom. The van der Waals surface area contributed by atoms with Gasteiger partial charge in [0.05, 0.1) is 0 Å². The molecule has 0 aromatic rings. The summed E-state index contributed by atoms with van der Waals surface area (Å²) >= 11 is 1.50. The van der Waals surface area contributed by atoms with Crippen LogP contribution in [0.1, 0.15) is 6.42 Å². The van der Waals surface area contributed by atoms with Gasteiger partial charge in [-0.3, -0.25) is 0 Å². The van der Waals surface area contributed by atoms with Crippen LogP contribution >= 0.6 is 11.8 Å². The van der Waals surface area contributed by atoms with Gasteiger partial charge < -0.3 is 9.84 Å². The lowest BCUT2D eigenvalue weighted by Crippen LogP contribution is -2.26. The van der Waals surface area contributed by atoms with Crippen molar-refractivity contribution in [1.82, 2.24) is 0 Å². The molecule has 0 rings (SSSR count). The molecule has 0 aromatic heterocycles. The second-order valence-corrected chi connectivity index (χ2v) is 3.63. The van der Waals surface area contributed by atoms with Crippen LogP contribution in [-0.2, 0) is 14.3 Å². The van der Waals surface area contributed by atoms with Gasteiger partial charge in [0.1, 0.15) is 0 Å². The Hall–Kier alpha value is -1.23. The monoisotopic (exact) mass is 230 g/mol. The van der Waals surface area contributed by atoms with E-state index in [1.165, 1.54) is 23.9 Å². The van der Waals surface area contributed by atoms with Gasteiger partial charge in [0.2, 0.25) is 0 Å². The van der Waals surface area contributed by atoms with E-state index in [2.05, 4.69) is 6.58 Å². The lowest BCUT2D eigenvalue weighted by molar-refractivity contribution is -0.160. The van der Waals surface area contributed by atoms with Crippen molar-refractivity contribution in [2.75, 3.05) is 12.0 Å². The number of carboxylic acid groups (broad SMARTS) is 1. The molecule has 0 heterocycles. The number of hydrogen-bond donors (Lipinski definition) is 1. The standard InChI is InChI=1S/C10H14O4S/c1-3-4-5-9(11)14-8(10(12)13)6-7-15-2/h3-5,8H,1,6-7H2,2H3,(H,12,13)/b5-4+. The van der Waals surface area contributed by atoms with E-state index in [1.807, 2.05) is 6.26 Å². The number of thioether (sulfide) groups is 1. The second kappa shape index (κ2) is 8.11. The van der Waals surface area contributed by atoms with Gasteiger partial charge in [0.15, 0.2) is 6.10 Å². The van der Waals surface area contributed by atoms with E-state index < -0.39 is 18.0 Å². The Morgan fingerprint density at radius 3 is 2.73 bits per heavy atom. The van der Waals surface area contributed by atoms with Gasteiger partial charge in [-0.2, -0.15) is 11.8 Å². The van der Waals surface area contributed by atoms with Crippen molar-refractivity contribution >= 4 is 23.7 Å². The molecule has 0 radical (unpaired) electrons. The third-order valence-corrected chi connectivity index (χ3v) is 2.13. The predicted molar refractivity (Wildman–Crippen MR) is 59.9 cm³/mol. The fraction of sp³-hybridized carbons (Fsp3) is 0.400. The summed E-state index contributed by atoms with van der Waals surface area (Å²) in [4.78, 5) is 21.7. The van der Waals surface area contributed by atoms with Crippen LogP contribution in [0.3, 0.4) is 0 Å². The fourth-order valence-electron chi connectivity index (χ4n) is 0.784. The maximum Gasteiger partial charge on any atom is 0.345 e. The number of carbonyl (C=O) groups is 2. The molecule has 5 heteroatoms. The average Bonchev–Trinajstić information content (AvgIpc) is 2.20. The molecule has 84 valence electrons. The zero-order chi connectivity index (χ0) is 11.7. The molecule has 0 saturated heterocycles. The third kappa shape index (κ3) is 6.79. The van der Waals surface area contributed by atoms with Gasteiger partial charge in [-0.05, 0) is 12.0 Å². The number of ether oxygens (including phenoxy) is 1. The molecule has 0 aliphatic carbocycles. The molecule has 0 saturated carbocycles. The summed E-state index contributed by atoms with van der Waals surface area (Å²) in [6, 6.07) is 0. The van der Waals surface area contributed by atoms with Crippen LogP contribution < -0.4 is 0 Å². The minimum Gasteiger partial charge on any atom is -0.479 e. The largest absolute Gasteiger partial charge is 0.479 e. The molecule has 1 unspecified atom stereocenters. The number of carbonyl (C=O) groups excluding carboxylic acids is 1. The van der Waals surface area contributed by atoms with Gasteiger partial charge in [-0.1, -0.05) is 18.7 Å². The summed E-state index contributed by atoms with van der Waals surface area (Å²) in [6.45, 7) is 3.38. The molecular formula is C10H14O4S. The zero-order valence-electron chi connectivity index (χ0n) is 8.51. The molecule has 0 amide bonds. The highest BCUT2D eigenvalue weighted by atomic mass is 32.2. The van der Waals surface area contributed by atoms with E-state index in [0.29, 0.717) is 12.2 Å². The first-order chi connectivity index (χ1) is 7.11. The highest BCUT2D eigenvalue weighted by molar-refractivity contribution is 7.98. The van der Waals surface area contributed by atoms with Crippen molar-refractivity contribution in [3.8, 4) is 0 Å². The maximum atomic E-state index is 11.1. The quantitative estimate of drug-likeness (QED) is 0.408. The highest BCUT2D eigenvalue weighted by Gasteiger charge is 2.20.